The van der Waals surface area contributed by atoms with Crippen molar-refractivity contribution in [2.24, 2.45) is 0 Å². The number of hydrogen-bond acceptors (Lipinski definition) is 0. The predicted octanol–water partition coefficient (Wildman–Crippen LogP) is 3.06. The largest absolute Gasteiger partial charge is 0.324 e. The first kappa shape index (κ1) is 7.87. The molecule has 64 valence electrons. The summed E-state index contributed by atoms with van der Waals surface area (Å²) in [4.78, 5) is 0. The molecular weight excluding hydrogens is 158 g/mol. The first-order chi connectivity index (χ1) is 6.47. The molecule has 2 aromatic rings. The van der Waals surface area contributed by atoms with E-state index in [1.54, 1.807) is 0 Å². The van der Waals surface area contributed by atoms with Crippen LogP contribution in [0.25, 0.3) is 5.52 Å². The summed E-state index contributed by atoms with van der Waals surface area (Å²) in [6, 6.07) is 18.3. The minimum atomic E-state index is 1.18. The van der Waals surface area contributed by atoms with Gasteiger partial charge in [0.25, 0.3) is 0 Å². The van der Waals surface area contributed by atoms with Gasteiger partial charge in [-0.25, -0.2) is 0 Å². The molecule has 0 unspecified atom stereocenters. The molecule has 0 N–H and O–H groups in total. The second kappa shape index (κ2) is 3.76. The van der Waals surface area contributed by atoms with Crippen molar-refractivity contribution in [3.63, 3.8) is 0 Å². The Balaban J connectivity index is 2.82. The molecule has 0 spiro atoms. The van der Waals surface area contributed by atoms with Crippen molar-refractivity contribution in [3.05, 3.63) is 67.0 Å². The summed E-state index contributed by atoms with van der Waals surface area (Å²) in [5.74, 6) is 0. The van der Waals surface area contributed by atoms with Crippen LogP contribution in [0.1, 0.15) is 0 Å². The minimum absolute atomic E-state index is 1.18. The summed E-state index contributed by atoms with van der Waals surface area (Å²) in [7, 11) is 0. The summed E-state index contributed by atoms with van der Waals surface area (Å²) < 4.78 is 2.08. The maximum absolute atomic E-state index is 2.08. The van der Waals surface area contributed by atoms with Crippen molar-refractivity contribution < 1.29 is 0 Å². The molecule has 2 aromatic heterocycles. The van der Waals surface area contributed by atoms with Gasteiger partial charge >= 0.3 is 0 Å². The third kappa shape index (κ3) is 1.88. The maximum Gasteiger partial charge on any atom is 0.0449 e. The molecule has 2 heterocycles. The normalized spacial score (nSPS) is 9.54. The molecule has 0 atom stereocenters. The molecule has 1 heteroatoms. The molecule has 2 rings (SSSR count). The zero-order valence-electron chi connectivity index (χ0n) is 7.30. The van der Waals surface area contributed by atoms with Crippen LogP contribution in [0.2, 0.25) is 0 Å². The predicted molar refractivity (Wildman–Crippen MR) is 55.0 cm³/mol. The van der Waals surface area contributed by atoms with Crippen LogP contribution in [0.3, 0.4) is 0 Å². The van der Waals surface area contributed by atoms with Gasteiger partial charge < -0.3 is 4.40 Å². The fourth-order valence-electron chi connectivity index (χ4n) is 1.24. The monoisotopic (exact) mass is 169 g/mol. The van der Waals surface area contributed by atoms with Crippen LogP contribution in [-0.2, 0) is 0 Å². The van der Waals surface area contributed by atoms with Crippen molar-refractivity contribution in [1.29, 1.82) is 0 Å². The summed E-state index contributed by atoms with van der Waals surface area (Å²) in [6.07, 6.45) is 4.07. The van der Waals surface area contributed by atoms with E-state index in [2.05, 4.69) is 16.5 Å². The minimum Gasteiger partial charge on any atom is -0.324 e. The summed E-state index contributed by atoms with van der Waals surface area (Å²) >= 11 is 0. The van der Waals surface area contributed by atoms with E-state index in [0.29, 0.717) is 0 Å². The Labute approximate surface area is 77.6 Å². The summed E-state index contributed by atoms with van der Waals surface area (Å²) in [6.45, 7) is 0. The van der Waals surface area contributed by atoms with Crippen molar-refractivity contribution in [3.8, 4) is 0 Å². The van der Waals surface area contributed by atoms with E-state index in [-0.39, 0.29) is 0 Å². The number of pyridine rings is 1. The lowest BCUT2D eigenvalue weighted by atomic mass is 10.4. The molecule has 1 nitrogen and oxygen atoms in total. The SMILES string of the molecule is c1cccc2ccccn2ccc1. The van der Waals surface area contributed by atoms with E-state index < -0.39 is 0 Å². The van der Waals surface area contributed by atoms with Crippen LogP contribution in [0, 0.1) is 0 Å². The number of aromatic nitrogens is 1. The van der Waals surface area contributed by atoms with Gasteiger partial charge in [-0.3, -0.25) is 0 Å². The van der Waals surface area contributed by atoms with Crippen LogP contribution >= 0.6 is 0 Å². The zero-order chi connectivity index (χ0) is 8.93. The van der Waals surface area contributed by atoms with Gasteiger partial charge in [0.15, 0.2) is 0 Å². The topological polar surface area (TPSA) is 4.41 Å². The molecule has 0 radical (unpaired) electrons. The second-order valence-corrected chi connectivity index (χ2v) is 2.81. The van der Waals surface area contributed by atoms with Crippen LogP contribution in [-0.4, -0.2) is 4.40 Å². The molecule has 0 aliphatic heterocycles. The van der Waals surface area contributed by atoms with E-state index in [9.17, 15) is 0 Å². The first-order valence-electron chi connectivity index (χ1n) is 4.32. The van der Waals surface area contributed by atoms with Gasteiger partial charge in [0.2, 0.25) is 0 Å². The smallest absolute Gasteiger partial charge is 0.0449 e. The molecule has 0 bridgehead atoms. The Bertz CT molecular complexity index is 401. The van der Waals surface area contributed by atoms with Crippen molar-refractivity contribution >= 4 is 5.52 Å². The van der Waals surface area contributed by atoms with Crippen LogP contribution in [0.5, 0.6) is 0 Å². The fourth-order valence-corrected chi connectivity index (χ4v) is 1.24. The van der Waals surface area contributed by atoms with Gasteiger partial charge in [-0.05, 0) is 24.3 Å². The number of hydrogen-bond donors (Lipinski definition) is 0. The highest BCUT2D eigenvalue weighted by atomic mass is 14.8. The zero-order valence-corrected chi connectivity index (χ0v) is 7.30. The highest BCUT2D eigenvalue weighted by Gasteiger charge is 1.80. The Kier molecular flexibility index (Phi) is 2.28. The van der Waals surface area contributed by atoms with E-state index in [1.165, 1.54) is 5.52 Å². The third-order valence-electron chi connectivity index (χ3n) is 1.88. The third-order valence-corrected chi connectivity index (χ3v) is 1.88. The average Bonchev–Trinajstić information content (AvgIpc) is 2.28. The van der Waals surface area contributed by atoms with Crippen LogP contribution < -0.4 is 0 Å². The highest BCUT2D eigenvalue weighted by molar-refractivity contribution is 5.44. The van der Waals surface area contributed by atoms with E-state index >= 15 is 0 Å². The second-order valence-electron chi connectivity index (χ2n) is 2.81. The lowest BCUT2D eigenvalue weighted by Gasteiger charge is -1.93. The van der Waals surface area contributed by atoms with Gasteiger partial charge in [-0.1, -0.05) is 30.3 Å². The molecule has 0 fully saturated rings. The molecule has 0 saturated carbocycles. The number of nitrogens with zero attached hydrogens (tertiary/aromatic N) is 1. The molecule has 0 aliphatic rings. The van der Waals surface area contributed by atoms with E-state index in [0.717, 1.165) is 0 Å². The molecule has 0 aliphatic carbocycles. The van der Waals surface area contributed by atoms with Gasteiger partial charge in [0.1, 0.15) is 0 Å². The fraction of sp³-hybridized carbons (Fsp3) is 0. The molecule has 13 heavy (non-hydrogen) atoms. The Morgan fingerprint density at radius 1 is 0.615 bits per heavy atom. The lowest BCUT2D eigenvalue weighted by molar-refractivity contribution is 1.18. The Morgan fingerprint density at radius 2 is 1.15 bits per heavy atom. The summed E-state index contributed by atoms with van der Waals surface area (Å²) in [5, 5.41) is 0. The standard InChI is InChI=1S/C12H11N/c1-2-4-8-12-9-5-7-11-13(12)10-6-3-1/h1-11H. The molecule has 0 aromatic carbocycles. The Hall–Kier alpha value is -1.76. The van der Waals surface area contributed by atoms with Crippen LogP contribution in [0.4, 0.5) is 0 Å². The van der Waals surface area contributed by atoms with Crippen molar-refractivity contribution in [1.82, 2.24) is 4.40 Å². The quantitative estimate of drug-likeness (QED) is 0.571. The van der Waals surface area contributed by atoms with Gasteiger partial charge in [0.05, 0.1) is 0 Å². The van der Waals surface area contributed by atoms with Crippen LogP contribution in [0.15, 0.2) is 67.0 Å². The highest BCUT2D eigenvalue weighted by Crippen LogP contribution is 1.98. The first-order valence-corrected chi connectivity index (χ1v) is 4.32. The van der Waals surface area contributed by atoms with Gasteiger partial charge in [-0.2, -0.15) is 0 Å². The average molecular weight is 169 g/mol. The van der Waals surface area contributed by atoms with Crippen molar-refractivity contribution in [2.75, 3.05) is 0 Å². The van der Waals surface area contributed by atoms with E-state index in [1.807, 2.05) is 54.9 Å². The Morgan fingerprint density at radius 3 is 2.00 bits per heavy atom. The molecule has 0 amide bonds. The van der Waals surface area contributed by atoms with E-state index in [4.69, 9.17) is 0 Å². The van der Waals surface area contributed by atoms with Crippen molar-refractivity contribution in [2.45, 2.75) is 0 Å². The molecule has 0 saturated heterocycles. The van der Waals surface area contributed by atoms with Gasteiger partial charge in [0, 0.05) is 17.9 Å². The van der Waals surface area contributed by atoms with Gasteiger partial charge in [-0.15, -0.1) is 0 Å². The lowest BCUT2D eigenvalue weighted by Crippen LogP contribution is -1.80. The maximum atomic E-state index is 2.08. The number of fused-ring (bicyclic) bond motifs is 1. The summed E-state index contributed by atoms with van der Waals surface area (Å²) in [5.41, 5.74) is 1.18. The number of rotatable bonds is 0. The molecular formula is C12H11N.